The number of nitrogen functional groups attached to an aromatic ring is 1. The summed E-state index contributed by atoms with van der Waals surface area (Å²) in [7, 11) is 0. The average molecular weight is 218 g/mol. The summed E-state index contributed by atoms with van der Waals surface area (Å²) in [5, 5.41) is 2.77. The van der Waals surface area contributed by atoms with E-state index in [0.717, 1.165) is 5.56 Å². The van der Waals surface area contributed by atoms with Gasteiger partial charge in [0.15, 0.2) is 0 Å². The van der Waals surface area contributed by atoms with E-state index in [9.17, 15) is 4.39 Å². The van der Waals surface area contributed by atoms with Crippen LogP contribution in [-0.4, -0.2) is 9.97 Å². The molecule has 5 heteroatoms. The van der Waals surface area contributed by atoms with Crippen LogP contribution in [0.15, 0.2) is 30.6 Å². The van der Waals surface area contributed by atoms with E-state index >= 15 is 0 Å². The summed E-state index contributed by atoms with van der Waals surface area (Å²) in [6, 6.07) is 4.90. The lowest BCUT2D eigenvalue weighted by Crippen LogP contribution is -1.99. The van der Waals surface area contributed by atoms with Crippen molar-refractivity contribution in [3.05, 3.63) is 42.0 Å². The Morgan fingerprint density at radius 1 is 1.25 bits per heavy atom. The van der Waals surface area contributed by atoms with Gasteiger partial charge in [-0.05, 0) is 24.6 Å². The minimum Gasteiger partial charge on any atom is -0.396 e. The molecule has 2 rings (SSSR count). The van der Waals surface area contributed by atoms with E-state index in [1.165, 1.54) is 18.5 Å². The van der Waals surface area contributed by atoms with Crippen molar-refractivity contribution in [3.8, 4) is 0 Å². The first kappa shape index (κ1) is 10.4. The molecule has 4 nitrogen and oxygen atoms in total. The monoisotopic (exact) mass is 218 g/mol. The molecule has 0 radical (unpaired) electrons. The summed E-state index contributed by atoms with van der Waals surface area (Å²) < 4.78 is 13.5. The minimum absolute atomic E-state index is 0.317. The molecule has 0 saturated carbocycles. The molecular formula is C11H11FN4. The lowest BCUT2D eigenvalue weighted by Gasteiger charge is -2.06. The molecule has 0 aliphatic heterocycles. The summed E-state index contributed by atoms with van der Waals surface area (Å²) in [4.78, 5) is 7.85. The lowest BCUT2D eigenvalue weighted by atomic mass is 10.2. The molecule has 1 aromatic carbocycles. The van der Waals surface area contributed by atoms with Gasteiger partial charge < -0.3 is 11.1 Å². The maximum Gasteiger partial charge on any atom is 0.227 e. The Labute approximate surface area is 92.3 Å². The number of aryl methyl sites for hydroxylation is 1. The zero-order valence-corrected chi connectivity index (χ0v) is 8.74. The van der Waals surface area contributed by atoms with Crippen LogP contribution in [0.1, 0.15) is 5.56 Å². The zero-order chi connectivity index (χ0) is 11.5. The Bertz CT molecular complexity index is 496. The van der Waals surface area contributed by atoms with Gasteiger partial charge in [0.25, 0.3) is 0 Å². The van der Waals surface area contributed by atoms with Crippen LogP contribution < -0.4 is 11.1 Å². The lowest BCUT2D eigenvalue weighted by molar-refractivity contribution is 0.630. The first-order valence-electron chi connectivity index (χ1n) is 4.76. The molecule has 0 aliphatic rings. The van der Waals surface area contributed by atoms with E-state index in [4.69, 9.17) is 5.73 Å². The van der Waals surface area contributed by atoms with E-state index in [1.807, 2.05) is 13.0 Å². The molecule has 0 spiro atoms. The van der Waals surface area contributed by atoms with Crippen LogP contribution in [0.2, 0.25) is 0 Å². The molecule has 0 bridgehead atoms. The molecule has 16 heavy (non-hydrogen) atoms. The summed E-state index contributed by atoms with van der Waals surface area (Å²) in [6.07, 6.45) is 2.92. The van der Waals surface area contributed by atoms with Crippen LogP contribution in [0, 0.1) is 12.7 Å². The molecule has 0 fully saturated rings. The summed E-state index contributed by atoms with van der Waals surface area (Å²) in [6.45, 7) is 1.83. The number of benzene rings is 1. The second kappa shape index (κ2) is 4.14. The zero-order valence-electron chi connectivity index (χ0n) is 8.74. The van der Waals surface area contributed by atoms with Crippen LogP contribution in [0.5, 0.6) is 0 Å². The molecule has 1 aromatic heterocycles. The Balaban J connectivity index is 2.23. The number of aromatic nitrogens is 2. The quantitative estimate of drug-likeness (QED) is 0.811. The first-order chi connectivity index (χ1) is 7.65. The Morgan fingerprint density at radius 2 is 1.94 bits per heavy atom. The fraction of sp³-hybridized carbons (Fsp3) is 0.0909. The molecule has 2 aromatic rings. The van der Waals surface area contributed by atoms with Crippen LogP contribution in [0.3, 0.4) is 0 Å². The van der Waals surface area contributed by atoms with Gasteiger partial charge in [-0.2, -0.15) is 0 Å². The average Bonchev–Trinajstić information content (AvgIpc) is 2.25. The maximum absolute atomic E-state index is 13.5. The van der Waals surface area contributed by atoms with E-state index in [-0.39, 0.29) is 5.82 Å². The van der Waals surface area contributed by atoms with Gasteiger partial charge in [0.05, 0.1) is 23.8 Å². The van der Waals surface area contributed by atoms with Gasteiger partial charge in [-0.25, -0.2) is 14.4 Å². The normalized spacial score (nSPS) is 10.1. The van der Waals surface area contributed by atoms with Crippen LogP contribution in [0.4, 0.5) is 21.7 Å². The second-order valence-electron chi connectivity index (χ2n) is 3.45. The van der Waals surface area contributed by atoms with Crippen LogP contribution in [0.25, 0.3) is 0 Å². The summed E-state index contributed by atoms with van der Waals surface area (Å²) in [5.41, 5.74) is 7.12. The molecule has 3 N–H and O–H groups in total. The van der Waals surface area contributed by atoms with Crippen LogP contribution in [-0.2, 0) is 0 Å². The fourth-order valence-corrected chi connectivity index (χ4v) is 1.24. The third-order valence-electron chi connectivity index (χ3n) is 2.04. The topological polar surface area (TPSA) is 63.8 Å². The van der Waals surface area contributed by atoms with E-state index < -0.39 is 0 Å². The SMILES string of the molecule is Cc1ccc(Nc2ncc(N)cn2)c(F)c1. The molecule has 0 aliphatic carbocycles. The minimum atomic E-state index is -0.333. The van der Waals surface area contributed by atoms with Crippen LogP contribution >= 0.6 is 0 Å². The van der Waals surface area contributed by atoms with Gasteiger partial charge in [0, 0.05) is 0 Å². The molecule has 82 valence electrons. The molecule has 0 amide bonds. The highest BCUT2D eigenvalue weighted by atomic mass is 19.1. The third kappa shape index (κ3) is 2.25. The fourth-order valence-electron chi connectivity index (χ4n) is 1.24. The number of rotatable bonds is 2. The first-order valence-corrected chi connectivity index (χ1v) is 4.76. The smallest absolute Gasteiger partial charge is 0.227 e. The van der Waals surface area contributed by atoms with Crippen molar-refractivity contribution in [2.24, 2.45) is 0 Å². The molecule has 1 heterocycles. The maximum atomic E-state index is 13.5. The molecule has 0 atom stereocenters. The number of nitrogens with two attached hydrogens (primary N) is 1. The standard InChI is InChI=1S/C11H11FN4/c1-7-2-3-10(9(12)4-7)16-11-14-5-8(13)6-15-11/h2-6H,13H2,1H3,(H,14,15,16). The molecule has 0 saturated heterocycles. The number of hydrogen-bond acceptors (Lipinski definition) is 4. The van der Waals surface area contributed by atoms with Crippen molar-refractivity contribution < 1.29 is 4.39 Å². The Morgan fingerprint density at radius 3 is 2.56 bits per heavy atom. The van der Waals surface area contributed by atoms with Crippen molar-refractivity contribution in [2.45, 2.75) is 6.92 Å². The Hall–Kier alpha value is -2.17. The van der Waals surface area contributed by atoms with Crippen molar-refractivity contribution in [1.82, 2.24) is 9.97 Å². The predicted molar refractivity (Wildman–Crippen MR) is 60.9 cm³/mol. The largest absolute Gasteiger partial charge is 0.396 e. The summed E-state index contributed by atoms with van der Waals surface area (Å²) in [5.74, 6) is -0.0163. The van der Waals surface area contributed by atoms with E-state index in [2.05, 4.69) is 15.3 Å². The number of anilines is 3. The highest BCUT2D eigenvalue weighted by Crippen LogP contribution is 2.18. The highest BCUT2D eigenvalue weighted by molar-refractivity contribution is 5.55. The Kier molecular flexibility index (Phi) is 2.68. The van der Waals surface area contributed by atoms with E-state index in [0.29, 0.717) is 17.3 Å². The van der Waals surface area contributed by atoms with Gasteiger partial charge in [0.1, 0.15) is 5.82 Å². The third-order valence-corrected chi connectivity index (χ3v) is 2.04. The summed E-state index contributed by atoms with van der Waals surface area (Å²) >= 11 is 0. The van der Waals surface area contributed by atoms with Gasteiger partial charge in [-0.1, -0.05) is 6.07 Å². The number of halogens is 1. The second-order valence-corrected chi connectivity index (χ2v) is 3.45. The highest BCUT2D eigenvalue weighted by Gasteiger charge is 2.03. The van der Waals surface area contributed by atoms with E-state index in [1.54, 1.807) is 6.07 Å². The van der Waals surface area contributed by atoms with Gasteiger partial charge >= 0.3 is 0 Å². The molecule has 0 unspecified atom stereocenters. The van der Waals surface area contributed by atoms with Crippen molar-refractivity contribution in [1.29, 1.82) is 0 Å². The predicted octanol–water partition coefficient (Wildman–Crippen LogP) is 2.25. The van der Waals surface area contributed by atoms with Crippen molar-refractivity contribution >= 4 is 17.3 Å². The van der Waals surface area contributed by atoms with Gasteiger partial charge in [-0.3, -0.25) is 0 Å². The van der Waals surface area contributed by atoms with Crippen molar-refractivity contribution in [2.75, 3.05) is 11.1 Å². The number of nitrogens with zero attached hydrogens (tertiary/aromatic N) is 2. The number of nitrogens with one attached hydrogen (secondary N) is 1. The number of hydrogen-bond donors (Lipinski definition) is 2. The van der Waals surface area contributed by atoms with Gasteiger partial charge in [-0.15, -0.1) is 0 Å². The molecular weight excluding hydrogens is 207 g/mol. The van der Waals surface area contributed by atoms with Gasteiger partial charge in [0.2, 0.25) is 5.95 Å². The van der Waals surface area contributed by atoms with Crippen molar-refractivity contribution in [3.63, 3.8) is 0 Å².